The van der Waals surface area contributed by atoms with Gasteiger partial charge in [0.2, 0.25) is 0 Å². The largest absolute Gasteiger partial charge is 0.494 e. The van der Waals surface area contributed by atoms with Crippen molar-refractivity contribution in [3.8, 4) is 22.9 Å². The van der Waals surface area contributed by atoms with Crippen LogP contribution in [0.15, 0.2) is 42.7 Å². The number of likely N-dealkylation sites (tertiary alicyclic amines) is 1. The molecule has 110 valence electrons. The minimum Gasteiger partial charge on any atom is -0.494 e. The minimum absolute atomic E-state index is 0.0238. The highest BCUT2D eigenvalue weighted by Crippen LogP contribution is 2.29. The van der Waals surface area contributed by atoms with Crippen LogP contribution < -0.4 is 4.74 Å². The number of aromatic nitrogens is 1. The van der Waals surface area contributed by atoms with Crippen LogP contribution in [0.5, 0.6) is 5.75 Å². The molecule has 2 aromatic rings. The molecule has 0 spiro atoms. The van der Waals surface area contributed by atoms with Gasteiger partial charge in [-0.15, -0.1) is 0 Å². The van der Waals surface area contributed by atoms with E-state index in [-0.39, 0.29) is 11.8 Å². The first-order valence-corrected chi connectivity index (χ1v) is 7.00. The van der Waals surface area contributed by atoms with Gasteiger partial charge < -0.3 is 9.64 Å². The van der Waals surface area contributed by atoms with Gasteiger partial charge in [-0.05, 0) is 23.8 Å². The van der Waals surface area contributed by atoms with Gasteiger partial charge in [-0.1, -0.05) is 12.1 Å². The summed E-state index contributed by atoms with van der Waals surface area (Å²) in [5.74, 6) is 0.644. The first kappa shape index (κ1) is 14.1. The zero-order chi connectivity index (χ0) is 15.5. The van der Waals surface area contributed by atoms with Gasteiger partial charge in [0.05, 0.1) is 25.3 Å². The zero-order valence-corrected chi connectivity index (χ0v) is 12.2. The third kappa shape index (κ3) is 2.51. The van der Waals surface area contributed by atoms with Gasteiger partial charge in [0.1, 0.15) is 5.75 Å². The Morgan fingerprint density at radius 1 is 1.32 bits per heavy atom. The van der Waals surface area contributed by atoms with Crippen LogP contribution in [0.3, 0.4) is 0 Å². The van der Waals surface area contributed by atoms with E-state index in [4.69, 9.17) is 10.00 Å². The summed E-state index contributed by atoms with van der Waals surface area (Å²) >= 11 is 0. The second-order valence-corrected chi connectivity index (χ2v) is 5.19. The molecule has 5 nitrogen and oxygen atoms in total. The molecule has 2 heterocycles. The Bertz CT molecular complexity index is 728. The zero-order valence-electron chi connectivity index (χ0n) is 12.2. The van der Waals surface area contributed by atoms with E-state index >= 15 is 0 Å². The Morgan fingerprint density at radius 3 is 2.68 bits per heavy atom. The highest BCUT2D eigenvalue weighted by molar-refractivity contribution is 5.95. The first-order valence-electron chi connectivity index (χ1n) is 7.00. The van der Waals surface area contributed by atoms with Crippen LogP contribution in [0.2, 0.25) is 0 Å². The van der Waals surface area contributed by atoms with Crippen molar-refractivity contribution in [2.45, 2.75) is 0 Å². The second-order valence-electron chi connectivity index (χ2n) is 5.19. The highest BCUT2D eigenvalue weighted by atomic mass is 16.5. The van der Waals surface area contributed by atoms with E-state index in [0.717, 1.165) is 11.1 Å². The van der Waals surface area contributed by atoms with Gasteiger partial charge in [-0.25, -0.2) is 0 Å². The number of rotatable bonds is 3. The number of hydrogen-bond donors (Lipinski definition) is 0. The number of nitriles is 1. The molecule has 1 aromatic carbocycles. The number of methoxy groups -OCH3 is 1. The van der Waals surface area contributed by atoms with Crippen LogP contribution in [0.25, 0.3) is 11.1 Å². The summed E-state index contributed by atoms with van der Waals surface area (Å²) in [7, 11) is 1.61. The van der Waals surface area contributed by atoms with Crippen LogP contribution in [-0.4, -0.2) is 36.0 Å². The fourth-order valence-corrected chi connectivity index (χ4v) is 2.48. The lowest BCUT2D eigenvalue weighted by molar-refractivity contribution is 0.0577. The van der Waals surface area contributed by atoms with Crippen molar-refractivity contribution in [1.29, 1.82) is 5.26 Å². The lowest BCUT2D eigenvalue weighted by Crippen LogP contribution is -2.49. The van der Waals surface area contributed by atoms with Crippen LogP contribution in [0.1, 0.15) is 10.4 Å². The predicted octanol–water partition coefficient (Wildman–Crippen LogP) is 2.35. The quantitative estimate of drug-likeness (QED) is 0.871. The molecule has 1 fully saturated rings. The topological polar surface area (TPSA) is 66.2 Å². The Morgan fingerprint density at radius 2 is 2.05 bits per heavy atom. The summed E-state index contributed by atoms with van der Waals surface area (Å²) in [5, 5.41) is 8.76. The fourth-order valence-electron chi connectivity index (χ4n) is 2.48. The van der Waals surface area contributed by atoms with Gasteiger partial charge in [-0.2, -0.15) is 5.26 Å². The number of nitrogens with zero attached hydrogens (tertiary/aromatic N) is 3. The normalized spacial score (nSPS) is 14.1. The summed E-state index contributed by atoms with van der Waals surface area (Å²) in [6.45, 7) is 1.05. The smallest absolute Gasteiger partial charge is 0.253 e. The van der Waals surface area contributed by atoms with Crippen molar-refractivity contribution >= 4 is 5.91 Å². The molecule has 1 amide bonds. The lowest BCUT2D eigenvalue weighted by Gasteiger charge is -2.35. The Kier molecular flexibility index (Phi) is 3.75. The van der Waals surface area contributed by atoms with E-state index < -0.39 is 0 Å². The van der Waals surface area contributed by atoms with E-state index in [1.165, 1.54) is 0 Å². The number of hydrogen-bond acceptors (Lipinski definition) is 4. The monoisotopic (exact) mass is 293 g/mol. The number of amides is 1. The van der Waals surface area contributed by atoms with Crippen molar-refractivity contribution in [1.82, 2.24) is 9.88 Å². The molecular formula is C17H15N3O2. The maximum Gasteiger partial charge on any atom is 0.253 e. The number of pyridine rings is 1. The van der Waals surface area contributed by atoms with Gasteiger partial charge in [0.15, 0.2) is 0 Å². The summed E-state index contributed by atoms with van der Waals surface area (Å²) < 4.78 is 5.30. The lowest BCUT2D eigenvalue weighted by atomic mass is 9.99. The summed E-state index contributed by atoms with van der Waals surface area (Å²) in [4.78, 5) is 18.0. The number of benzene rings is 1. The SMILES string of the molecule is COc1cnccc1-c1ccc(C(=O)N2CC(C#N)C2)cc1. The molecule has 1 aliphatic heterocycles. The third-order valence-corrected chi connectivity index (χ3v) is 3.80. The third-order valence-electron chi connectivity index (χ3n) is 3.80. The molecule has 1 aromatic heterocycles. The van der Waals surface area contributed by atoms with E-state index in [2.05, 4.69) is 11.1 Å². The van der Waals surface area contributed by atoms with Crippen LogP contribution in [0, 0.1) is 17.2 Å². The highest BCUT2D eigenvalue weighted by Gasteiger charge is 2.30. The van der Waals surface area contributed by atoms with Crippen LogP contribution in [0.4, 0.5) is 0 Å². The molecule has 5 heteroatoms. The van der Waals surface area contributed by atoms with E-state index in [1.807, 2.05) is 18.2 Å². The van der Waals surface area contributed by atoms with Crippen molar-refractivity contribution < 1.29 is 9.53 Å². The first-order chi connectivity index (χ1) is 10.7. The Hall–Kier alpha value is -2.87. The van der Waals surface area contributed by atoms with Crippen molar-refractivity contribution in [3.05, 3.63) is 48.3 Å². The average molecular weight is 293 g/mol. The standard InChI is InChI=1S/C17H15N3O2/c1-22-16-9-19-7-6-15(16)13-2-4-14(5-3-13)17(21)20-10-12(8-18)11-20/h2-7,9,12H,10-11H2,1H3. The van der Waals surface area contributed by atoms with Crippen molar-refractivity contribution in [3.63, 3.8) is 0 Å². The molecule has 0 radical (unpaired) electrons. The summed E-state index contributed by atoms with van der Waals surface area (Å²) in [6, 6.07) is 11.4. The summed E-state index contributed by atoms with van der Waals surface area (Å²) in [5.41, 5.74) is 2.53. The Balaban J connectivity index is 1.79. The minimum atomic E-state index is -0.0280. The van der Waals surface area contributed by atoms with Gasteiger partial charge in [-0.3, -0.25) is 9.78 Å². The molecular weight excluding hydrogens is 278 g/mol. The molecule has 3 rings (SSSR count). The molecule has 0 bridgehead atoms. The maximum atomic E-state index is 12.2. The van der Waals surface area contributed by atoms with Crippen molar-refractivity contribution in [2.75, 3.05) is 20.2 Å². The molecule has 0 aliphatic carbocycles. The number of carbonyl (C=O) groups is 1. The molecule has 1 aliphatic rings. The van der Waals surface area contributed by atoms with Gasteiger partial charge in [0.25, 0.3) is 5.91 Å². The molecule has 0 N–H and O–H groups in total. The van der Waals surface area contributed by atoms with Gasteiger partial charge in [0, 0.05) is 30.4 Å². The van der Waals surface area contributed by atoms with E-state index in [0.29, 0.717) is 24.4 Å². The van der Waals surface area contributed by atoms with Crippen LogP contribution in [-0.2, 0) is 0 Å². The molecule has 0 atom stereocenters. The van der Waals surface area contributed by atoms with Crippen LogP contribution >= 0.6 is 0 Å². The molecule has 22 heavy (non-hydrogen) atoms. The Labute approximate surface area is 128 Å². The predicted molar refractivity (Wildman–Crippen MR) is 81.2 cm³/mol. The number of carbonyl (C=O) groups excluding carboxylic acids is 1. The second kappa shape index (κ2) is 5.86. The number of ether oxygens (including phenoxy) is 1. The van der Waals surface area contributed by atoms with E-state index in [9.17, 15) is 4.79 Å². The molecule has 0 unspecified atom stereocenters. The van der Waals surface area contributed by atoms with E-state index in [1.54, 1.807) is 36.5 Å². The molecule has 1 saturated heterocycles. The fraction of sp³-hybridized carbons (Fsp3) is 0.235. The maximum absolute atomic E-state index is 12.2. The summed E-state index contributed by atoms with van der Waals surface area (Å²) in [6.07, 6.45) is 3.37. The van der Waals surface area contributed by atoms with Gasteiger partial charge >= 0.3 is 0 Å². The molecule has 0 saturated carbocycles. The van der Waals surface area contributed by atoms with Crippen molar-refractivity contribution in [2.24, 2.45) is 5.92 Å². The average Bonchev–Trinajstić information content (AvgIpc) is 2.54.